The average Bonchev–Trinajstić information content (AvgIpc) is 2.43. The van der Waals surface area contributed by atoms with Gasteiger partial charge in [-0.05, 0) is 25.0 Å². The molecule has 0 aliphatic rings. The number of hydrogen-bond donors (Lipinski definition) is 1. The summed E-state index contributed by atoms with van der Waals surface area (Å²) >= 11 is 0. The maximum atomic E-state index is 12.3. The predicted octanol–water partition coefficient (Wildman–Crippen LogP) is 3.29. The second kappa shape index (κ2) is 8.05. The minimum absolute atomic E-state index is 0.0467. The van der Waals surface area contributed by atoms with Crippen LogP contribution in [0.25, 0.3) is 0 Å². The molecule has 112 valence electrons. The first-order valence-corrected chi connectivity index (χ1v) is 6.98. The Kier molecular flexibility index (Phi) is 6.41. The SMILES string of the molecule is CC(=O)c1cccc(NC(=O)N(CCC#N)CC(C)C)c1. The molecule has 0 unspecified atom stereocenters. The van der Waals surface area contributed by atoms with E-state index < -0.39 is 0 Å². The highest BCUT2D eigenvalue weighted by Gasteiger charge is 2.15. The highest BCUT2D eigenvalue weighted by Crippen LogP contribution is 2.12. The molecule has 1 aromatic carbocycles. The molecule has 0 fully saturated rings. The van der Waals surface area contributed by atoms with Crippen molar-refractivity contribution in [2.75, 3.05) is 18.4 Å². The Bertz CT molecular complexity index is 547. The fraction of sp³-hybridized carbons (Fsp3) is 0.438. The van der Waals surface area contributed by atoms with Gasteiger partial charge in [-0.15, -0.1) is 0 Å². The van der Waals surface area contributed by atoms with Gasteiger partial charge >= 0.3 is 6.03 Å². The fourth-order valence-corrected chi connectivity index (χ4v) is 1.92. The summed E-state index contributed by atoms with van der Waals surface area (Å²) in [7, 11) is 0. The minimum Gasteiger partial charge on any atom is -0.323 e. The van der Waals surface area contributed by atoms with Crippen molar-refractivity contribution in [2.45, 2.75) is 27.2 Å². The number of amides is 2. The summed E-state index contributed by atoms with van der Waals surface area (Å²) in [6.07, 6.45) is 0.299. The third kappa shape index (κ3) is 5.65. The van der Waals surface area contributed by atoms with E-state index >= 15 is 0 Å². The number of nitrogens with zero attached hydrogens (tertiary/aromatic N) is 2. The number of anilines is 1. The molecule has 0 atom stereocenters. The molecular weight excluding hydrogens is 266 g/mol. The lowest BCUT2D eigenvalue weighted by molar-refractivity contribution is 0.101. The average molecular weight is 287 g/mol. The Morgan fingerprint density at radius 2 is 2.10 bits per heavy atom. The number of nitriles is 1. The molecule has 0 aliphatic carbocycles. The highest BCUT2D eigenvalue weighted by atomic mass is 16.2. The number of rotatable bonds is 6. The van der Waals surface area contributed by atoms with Crippen LogP contribution in [0.3, 0.4) is 0 Å². The summed E-state index contributed by atoms with van der Waals surface area (Å²) in [5.74, 6) is 0.271. The second-order valence-corrected chi connectivity index (χ2v) is 5.32. The number of carbonyl (C=O) groups is 2. The van der Waals surface area contributed by atoms with E-state index in [4.69, 9.17) is 5.26 Å². The molecule has 1 rings (SSSR count). The molecule has 1 N–H and O–H groups in total. The van der Waals surface area contributed by atoms with E-state index in [1.165, 1.54) is 6.92 Å². The number of benzene rings is 1. The summed E-state index contributed by atoms with van der Waals surface area (Å²) in [5.41, 5.74) is 1.14. The van der Waals surface area contributed by atoms with Gasteiger partial charge in [0.25, 0.3) is 0 Å². The van der Waals surface area contributed by atoms with Crippen LogP contribution in [0, 0.1) is 17.2 Å². The van der Waals surface area contributed by atoms with Gasteiger partial charge in [0.2, 0.25) is 0 Å². The number of urea groups is 1. The van der Waals surface area contributed by atoms with Crippen LogP contribution in [0.4, 0.5) is 10.5 Å². The first kappa shape index (κ1) is 16.7. The van der Waals surface area contributed by atoms with Gasteiger partial charge < -0.3 is 10.2 Å². The van der Waals surface area contributed by atoms with Crippen LogP contribution in [0.2, 0.25) is 0 Å². The van der Waals surface area contributed by atoms with E-state index in [2.05, 4.69) is 5.32 Å². The minimum atomic E-state index is -0.250. The highest BCUT2D eigenvalue weighted by molar-refractivity contribution is 5.96. The molecule has 5 nitrogen and oxygen atoms in total. The summed E-state index contributed by atoms with van der Waals surface area (Å²) in [4.78, 5) is 25.2. The van der Waals surface area contributed by atoms with Gasteiger partial charge in [0.1, 0.15) is 0 Å². The van der Waals surface area contributed by atoms with E-state index in [0.29, 0.717) is 36.7 Å². The maximum absolute atomic E-state index is 12.3. The molecule has 0 aliphatic heterocycles. The van der Waals surface area contributed by atoms with Crippen LogP contribution < -0.4 is 5.32 Å². The number of nitrogens with one attached hydrogen (secondary N) is 1. The zero-order valence-electron chi connectivity index (χ0n) is 12.7. The number of hydrogen-bond acceptors (Lipinski definition) is 3. The van der Waals surface area contributed by atoms with Gasteiger partial charge in [0.05, 0.1) is 12.5 Å². The Labute approximate surface area is 125 Å². The van der Waals surface area contributed by atoms with E-state index in [1.807, 2.05) is 19.9 Å². The Hall–Kier alpha value is -2.35. The molecule has 21 heavy (non-hydrogen) atoms. The van der Waals surface area contributed by atoms with Crippen molar-refractivity contribution < 1.29 is 9.59 Å². The third-order valence-electron chi connectivity index (χ3n) is 2.89. The van der Waals surface area contributed by atoms with E-state index in [1.54, 1.807) is 29.2 Å². The molecule has 2 amide bonds. The van der Waals surface area contributed by atoms with Crippen LogP contribution in [-0.2, 0) is 0 Å². The topological polar surface area (TPSA) is 73.2 Å². The fourth-order valence-electron chi connectivity index (χ4n) is 1.92. The van der Waals surface area contributed by atoms with Crippen molar-refractivity contribution in [3.8, 4) is 6.07 Å². The summed E-state index contributed by atoms with van der Waals surface area (Å²) in [6.45, 7) is 6.50. The summed E-state index contributed by atoms with van der Waals surface area (Å²) in [6, 6.07) is 8.63. The molecule has 0 saturated carbocycles. The first-order valence-electron chi connectivity index (χ1n) is 6.98. The summed E-state index contributed by atoms with van der Waals surface area (Å²) in [5, 5.41) is 11.4. The van der Waals surface area contributed by atoms with Crippen LogP contribution in [0.5, 0.6) is 0 Å². The maximum Gasteiger partial charge on any atom is 0.321 e. The van der Waals surface area contributed by atoms with E-state index in [9.17, 15) is 9.59 Å². The van der Waals surface area contributed by atoms with Gasteiger partial charge in [0.15, 0.2) is 5.78 Å². The van der Waals surface area contributed by atoms with Crippen molar-refractivity contribution in [3.05, 3.63) is 29.8 Å². The Balaban J connectivity index is 2.78. The van der Waals surface area contributed by atoms with Crippen LogP contribution in [0.1, 0.15) is 37.6 Å². The molecule has 0 radical (unpaired) electrons. The third-order valence-corrected chi connectivity index (χ3v) is 2.89. The zero-order valence-corrected chi connectivity index (χ0v) is 12.7. The van der Waals surface area contributed by atoms with Gasteiger partial charge in [-0.1, -0.05) is 26.0 Å². The largest absolute Gasteiger partial charge is 0.323 e. The van der Waals surface area contributed by atoms with Gasteiger partial charge in [-0.3, -0.25) is 4.79 Å². The van der Waals surface area contributed by atoms with E-state index in [-0.39, 0.29) is 11.8 Å². The van der Waals surface area contributed by atoms with Crippen molar-refractivity contribution in [1.82, 2.24) is 4.90 Å². The predicted molar refractivity (Wildman–Crippen MR) is 82.1 cm³/mol. The molecular formula is C16H21N3O2. The summed E-state index contributed by atoms with van der Waals surface area (Å²) < 4.78 is 0. The van der Waals surface area contributed by atoms with Crippen LogP contribution in [-0.4, -0.2) is 29.8 Å². The van der Waals surface area contributed by atoms with Crippen molar-refractivity contribution in [2.24, 2.45) is 5.92 Å². The first-order chi connectivity index (χ1) is 9.93. The molecule has 0 saturated heterocycles. The van der Waals surface area contributed by atoms with Gasteiger partial charge in [0, 0.05) is 24.3 Å². The molecule has 0 aromatic heterocycles. The number of Topliss-reactive ketones (excluding diaryl/α,β-unsaturated/α-hetero) is 1. The molecule has 1 aromatic rings. The van der Waals surface area contributed by atoms with Crippen LogP contribution >= 0.6 is 0 Å². The number of carbonyl (C=O) groups excluding carboxylic acids is 2. The lowest BCUT2D eigenvalue weighted by Crippen LogP contribution is -2.38. The quantitative estimate of drug-likeness (QED) is 0.816. The Morgan fingerprint density at radius 3 is 2.67 bits per heavy atom. The zero-order chi connectivity index (χ0) is 15.8. The smallest absolute Gasteiger partial charge is 0.321 e. The van der Waals surface area contributed by atoms with Crippen LogP contribution in [0.15, 0.2) is 24.3 Å². The normalized spacial score (nSPS) is 10.0. The standard InChI is InChI=1S/C16H21N3O2/c1-12(2)11-19(9-5-8-17)16(21)18-15-7-4-6-14(10-15)13(3)20/h4,6-7,10,12H,5,9,11H2,1-3H3,(H,18,21). The van der Waals surface area contributed by atoms with Crippen molar-refractivity contribution >= 4 is 17.5 Å². The molecule has 0 bridgehead atoms. The molecule has 0 heterocycles. The number of ketones is 1. The second-order valence-electron chi connectivity index (χ2n) is 5.32. The lowest BCUT2D eigenvalue weighted by atomic mass is 10.1. The molecule has 5 heteroatoms. The van der Waals surface area contributed by atoms with Crippen molar-refractivity contribution in [3.63, 3.8) is 0 Å². The monoisotopic (exact) mass is 287 g/mol. The van der Waals surface area contributed by atoms with Gasteiger partial charge in [-0.25, -0.2) is 4.79 Å². The molecule has 0 spiro atoms. The van der Waals surface area contributed by atoms with E-state index in [0.717, 1.165) is 0 Å². The van der Waals surface area contributed by atoms with Crippen molar-refractivity contribution in [1.29, 1.82) is 5.26 Å². The van der Waals surface area contributed by atoms with Gasteiger partial charge in [-0.2, -0.15) is 5.26 Å². The Morgan fingerprint density at radius 1 is 1.38 bits per heavy atom. The lowest BCUT2D eigenvalue weighted by Gasteiger charge is -2.24.